The summed E-state index contributed by atoms with van der Waals surface area (Å²) in [6.45, 7) is 2.19. The zero-order valence-electron chi connectivity index (χ0n) is 24.5. The van der Waals surface area contributed by atoms with Crippen LogP contribution in [0, 0.1) is 29.6 Å². The molecule has 45 heavy (non-hydrogen) atoms. The van der Waals surface area contributed by atoms with Gasteiger partial charge in [0.25, 0.3) is 0 Å². The first kappa shape index (κ1) is 25.3. The first-order chi connectivity index (χ1) is 22.1. The molecule has 206 valence electrons. The maximum absolute atomic E-state index is 9.50. The molecule has 2 nitrogen and oxygen atoms in total. The van der Waals surface area contributed by atoms with Crippen LogP contribution in [0.2, 0.25) is 0 Å². The quantitative estimate of drug-likeness (QED) is 0.195. The lowest BCUT2D eigenvalue weighted by Gasteiger charge is -2.17. The van der Waals surface area contributed by atoms with Gasteiger partial charge in [0.1, 0.15) is 0 Å². The molecule has 0 aliphatic heterocycles. The van der Waals surface area contributed by atoms with Crippen molar-refractivity contribution in [1.29, 1.82) is 10.5 Å². The van der Waals surface area contributed by atoms with Crippen molar-refractivity contribution in [2.75, 3.05) is 0 Å². The second kappa shape index (κ2) is 9.39. The molecule has 0 N–H and O–H groups in total. The van der Waals surface area contributed by atoms with Crippen LogP contribution < -0.4 is 0 Å². The number of hydrogen-bond donors (Lipinski definition) is 0. The zero-order valence-corrected chi connectivity index (χ0v) is 24.5. The molecule has 0 atom stereocenters. The molecule has 8 aromatic carbocycles. The number of benzene rings is 8. The van der Waals surface area contributed by atoms with Gasteiger partial charge in [-0.25, -0.2) is 0 Å². The molecule has 0 saturated heterocycles. The summed E-state index contributed by atoms with van der Waals surface area (Å²) in [6, 6.07) is 49.6. The molecule has 0 aromatic heterocycles. The van der Waals surface area contributed by atoms with E-state index in [1.165, 1.54) is 70.9 Å². The van der Waals surface area contributed by atoms with Gasteiger partial charge < -0.3 is 0 Å². The summed E-state index contributed by atoms with van der Waals surface area (Å²) in [5.74, 6) is 0. The molecule has 0 heterocycles. The van der Waals surface area contributed by atoms with Crippen molar-refractivity contribution in [2.24, 2.45) is 0 Å². The van der Waals surface area contributed by atoms with Gasteiger partial charge in [0.05, 0.1) is 23.3 Å². The normalized spacial score (nSPS) is 11.6. The van der Waals surface area contributed by atoms with Crippen LogP contribution >= 0.6 is 0 Å². The molecule has 2 heteroatoms. The van der Waals surface area contributed by atoms with E-state index in [0.29, 0.717) is 11.1 Å². The Morgan fingerprint density at radius 1 is 0.378 bits per heavy atom. The maximum Gasteiger partial charge on any atom is 0.0991 e. The van der Waals surface area contributed by atoms with Crippen LogP contribution in [0.4, 0.5) is 0 Å². The van der Waals surface area contributed by atoms with Crippen molar-refractivity contribution in [1.82, 2.24) is 0 Å². The van der Waals surface area contributed by atoms with Crippen LogP contribution in [0.3, 0.4) is 0 Å². The van der Waals surface area contributed by atoms with Gasteiger partial charge in [0.15, 0.2) is 0 Å². The van der Waals surface area contributed by atoms with Crippen molar-refractivity contribution >= 4 is 43.1 Å². The number of fused-ring (bicyclic) bond motifs is 8. The second-order valence-corrected chi connectivity index (χ2v) is 12.0. The zero-order chi connectivity index (χ0) is 30.2. The predicted octanol–water partition coefficient (Wildman–Crippen LogP) is 11.3. The molecule has 0 spiro atoms. The molecule has 1 aliphatic rings. The van der Waals surface area contributed by atoms with Crippen LogP contribution in [-0.2, 0) is 0 Å². The largest absolute Gasteiger partial charge is 0.192 e. The topological polar surface area (TPSA) is 47.6 Å². The fraction of sp³-hybridized carbons (Fsp3) is 0.0233. The highest BCUT2D eigenvalue weighted by molar-refractivity contribution is 6.27. The van der Waals surface area contributed by atoms with Crippen molar-refractivity contribution in [3.8, 4) is 56.6 Å². The predicted molar refractivity (Wildman–Crippen MR) is 186 cm³/mol. The molecular weight excluding hydrogens is 544 g/mol. The Balaban J connectivity index is 1.45. The fourth-order valence-corrected chi connectivity index (χ4v) is 7.42. The number of rotatable bonds is 2. The average Bonchev–Trinajstić information content (AvgIpc) is 3.41. The Kier molecular flexibility index (Phi) is 5.28. The third kappa shape index (κ3) is 3.61. The smallest absolute Gasteiger partial charge is 0.0991 e. The molecule has 8 aromatic rings. The molecule has 0 radical (unpaired) electrons. The molecule has 0 bridgehead atoms. The van der Waals surface area contributed by atoms with E-state index in [-0.39, 0.29) is 0 Å². The van der Waals surface area contributed by atoms with Crippen LogP contribution in [-0.4, -0.2) is 0 Å². The summed E-state index contributed by atoms with van der Waals surface area (Å²) in [6.07, 6.45) is 0. The third-order valence-electron chi connectivity index (χ3n) is 9.60. The summed E-state index contributed by atoms with van der Waals surface area (Å²) < 4.78 is 0. The molecule has 0 fully saturated rings. The van der Waals surface area contributed by atoms with Crippen LogP contribution in [0.5, 0.6) is 0 Å². The first-order valence-corrected chi connectivity index (χ1v) is 15.1. The van der Waals surface area contributed by atoms with Gasteiger partial charge in [0.2, 0.25) is 0 Å². The molecule has 0 unspecified atom stereocenters. The average molecular weight is 569 g/mol. The molecular formula is C43H24N2. The van der Waals surface area contributed by atoms with Crippen molar-refractivity contribution in [2.45, 2.75) is 6.92 Å². The van der Waals surface area contributed by atoms with E-state index >= 15 is 0 Å². The van der Waals surface area contributed by atoms with E-state index < -0.39 is 0 Å². The van der Waals surface area contributed by atoms with Gasteiger partial charge in [-0.2, -0.15) is 10.5 Å². The number of aryl methyl sites for hydroxylation is 1. The van der Waals surface area contributed by atoms with Crippen molar-refractivity contribution < 1.29 is 0 Å². The van der Waals surface area contributed by atoms with Gasteiger partial charge in [0, 0.05) is 0 Å². The Morgan fingerprint density at radius 2 is 0.867 bits per heavy atom. The van der Waals surface area contributed by atoms with Gasteiger partial charge in [-0.05, 0) is 149 Å². The SMILES string of the molecule is Cc1ccc2c3c(cccc13)-c1cc3c(-c4ccc(C#N)cc4)cc4c5ccccc5c(-c5ccc(C#N)cc5)cc4c3cc1-2. The molecule has 0 saturated carbocycles. The minimum Gasteiger partial charge on any atom is -0.192 e. The van der Waals surface area contributed by atoms with Gasteiger partial charge >= 0.3 is 0 Å². The first-order valence-electron chi connectivity index (χ1n) is 15.1. The van der Waals surface area contributed by atoms with Gasteiger partial charge in [-0.3, -0.25) is 0 Å². The number of nitriles is 2. The van der Waals surface area contributed by atoms with Gasteiger partial charge in [-0.1, -0.05) is 78.9 Å². The van der Waals surface area contributed by atoms with Crippen molar-refractivity contribution in [3.05, 3.63) is 144 Å². The monoisotopic (exact) mass is 568 g/mol. The maximum atomic E-state index is 9.50. The van der Waals surface area contributed by atoms with Crippen LogP contribution in [0.15, 0.2) is 127 Å². The third-order valence-corrected chi connectivity index (χ3v) is 9.60. The highest BCUT2D eigenvalue weighted by atomic mass is 14.3. The molecule has 9 rings (SSSR count). The Labute approximate surface area is 260 Å². The summed E-state index contributed by atoms with van der Waals surface area (Å²) >= 11 is 0. The number of hydrogen-bond acceptors (Lipinski definition) is 2. The summed E-state index contributed by atoms with van der Waals surface area (Å²) in [4.78, 5) is 0. The van der Waals surface area contributed by atoms with E-state index in [1.54, 1.807) is 0 Å². The Morgan fingerprint density at radius 3 is 1.51 bits per heavy atom. The highest BCUT2D eigenvalue weighted by Gasteiger charge is 2.24. The standard InChI is InChI=1S/C43H24N2/c1-25-9-18-34-39-22-42-40(21-38(39)33-8-4-7-30(25)43(33)34)36(29-16-12-27(24-45)13-17-29)20-37-32-6-3-2-5-31(32)35(19-41(37)42)28-14-10-26(23-44)11-15-28/h2-22H,1H3. The summed E-state index contributed by atoms with van der Waals surface area (Å²) in [5.41, 5.74) is 12.2. The minimum absolute atomic E-state index is 0.653. The van der Waals surface area contributed by atoms with Crippen LogP contribution in [0.25, 0.3) is 87.6 Å². The van der Waals surface area contributed by atoms with E-state index in [0.717, 1.165) is 22.3 Å². The van der Waals surface area contributed by atoms with E-state index in [9.17, 15) is 10.5 Å². The van der Waals surface area contributed by atoms with E-state index in [2.05, 4.69) is 122 Å². The molecule has 1 aliphatic carbocycles. The summed E-state index contributed by atoms with van der Waals surface area (Å²) in [5, 5.41) is 28.7. The second-order valence-electron chi connectivity index (χ2n) is 12.0. The summed E-state index contributed by atoms with van der Waals surface area (Å²) in [7, 11) is 0. The van der Waals surface area contributed by atoms with Crippen molar-refractivity contribution in [3.63, 3.8) is 0 Å². The fourth-order valence-electron chi connectivity index (χ4n) is 7.42. The lowest BCUT2D eigenvalue weighted by molar-refractivity contribution is 1.48. The van der Waals surface area contributed by atoms with E-state index in [1.807, 2.05) is 24.3 Å². The van der Waals surface area contributed by atoms with E-state index in [4.69, 9.17) is 0 Å². The Hall–Kier alpha value is -6.22. The number of nitrogens with zero attached hydrogens (tertiary/aromatic N) is 2. The molecule has 0 amide bonds. The minimum atomic E-state index is 0.653. The highest BCUT2D eigenvalue weighted by Crippen LogP contribution is 2.51. The van der Waals surface area contributed by atoms with Crippen LogP contribution in [0.1, 0.15) is 16.7 Å². The lowest BCUT2D eigenvalue weighted by atomic mass is 9.86. The Bertz CT molecular complexity index is 2650. The lowest BCUT2D eigenvalue weighted by Crippen LogP contribution is -1.91. The van der Waals surface area contributed by atoms with Gasteiger partial charge in [-0.15, -0.1) is 0 Å².